The van der Waals surface area contributed by atoms with Crippen LogP contribution in [0.5, 0.6) is 5.75 Å². The van der Waals surface area contributed by atoms with E-state index in [2.05, 4.69) is 15.4 Å². The summed E-state index contributed by atoms with van der Waals surface area (Å²) in [7, 11) is 1.28. The minimum Gasteiger partial charge on any atom is -0.569 e. The van der Waals surface area contributed by atoms with Crippen molar-refractivity contribution in [3.05, 3.63) is 85.6 Å². The highest BCUT2D eigenvalue weighted by molar-refractivity contribution is 5.71. The van der Waals surface area contributed by atoms with Gasteiger partial charge in [-0.25, -0.2) is 18.4 Å². The summed E-state index contributed by atoms with van der Waals surface area (Å²) in [4.78, 5) is 31.7. The van der Waals surface area contributed by atoms with Gasteiger partial charge in [-0.2, -0.15) is 5.10 Å². The van der Waals surface area contributed by atoms with Crippen LogP contribution in [0.4, 0.5) is 25.8 Å². The molecule has 4 rings (SSSR count). The van der Waals surface area contributed by atoms with E-state index in [1.54, 1.807) is 0 Å². The first kappa shape index (κ1) is 29.9. The van der Waals surface area contributed by atoms with Crippen LogP contribution in [0.3, 0.4) is 0 Å². The first-order chi connectivity index (χ1) is 19.9. The number of anilines is 1. The predicted octanol–water partition coefficient (Wildman–Crippen LogP) is 2.02. The lowest BCUT2D eigenvalue weighted by molar-refractivity contribution is -0.709. The molecule has 0 aliphatic carbocycles. The minimum absolute atomic E-state index is 0.0502. The summed E-state index contributed by atoms with van der Waals surface area (Å²) in [6.45, 7) is -0.722. The summed E-state index contributed by atoms with van der Waals surface area (Å²) in [6, 6.07) is 3.96. The maximum Gasteiger partial charge on any atom is 0.321 e. The van der Waals surface area contributed by atoms with Crippen LogP contribution in [0.15, 0.2) is 48.3 Å². The number of benzene rings is 2. The lowest BCUT2D eigenvalue weighted by Crippen LogP contribution is -2.43. The van der Waals surface area contributed by atoms with Crippen LogP contribution in [0, 0.1) is 37.1 Å². The van der Waals surface area contributed by atoms with Crippen LogP contribution in [-0.2, 0) is 12.1 Å². The molecule has 0 amide bonds. The lowest BCUT2D eigenvalue weighted by Gasteiger charge is -2.34. The third-order valence-corrected chi connectivity index (χ3v) is 6.57. The standard InChI is InChI=1S/C23H25F2N9O8/c1-29(11-23(36,12-30-14-26-13-27-30)17-3-2-15(24)8-18(17)25)19-10-22(21(33(39)40)9-20(19)32(37)38)42-28-34(41)31-6-4-16(35)5-7-31/h2-3,8-10,13-14,16,35-36H,4-7,11-12H2,1H3/b34-28-. The highest BCUT2D eigenvalue weighted by atomic mass is 19.1. The number of nitro groups is 2. The van der Waals surface area contributed by atoms with E-state index < -0.39 is 63.4 Å². The van der Waals surface area contributed by atoms with Crippen molar-refractivity contribution in [1.82, 2.24) is 19.8 Å². The number of aliphatic hydroxyl groups is 2. The van der Waals surface area contributed by atoms with Gasteiger partial charge >= 0.3 is 5.69 Å². The van der Waals surface area contributed by atoms with Crippen LogP contribution in [0.25, 0.3) is 0 Å². The van der Waals surface area contributed by atoms with Crippen molar-refractivity contribution in [2.45, 2.75) is 31.1 Å². The molecule has 1 atom stereocenters. The highest BCUT2D eigenvalue weighted by Crippen LogP contribution is 2.40. The van der Waals surface area contributed by atoms with Crippen LogP contribution in [0.1, 0.15) is 18.4 Å². The number of piperidine rings is 1. The summed E-state index contributed by atoms with van der Waals surface area (Å²) < 4.78 is 29.7. The van der Waals surface area contributed by atoms with Crippen molar-refractivity contribution in [3.8, 4) is 5.75 Å². The van der Waals surface area contributed by atoms with Gasteiger partial charge in [-0.3, -0.25) is 25.1 Å². The fourth-order valence-electron chi connectivity index (χ4n) is 4.52. The smallest absolute Gasteiger partial charge is 0.321 e. The molecule has 1 aromatic heterocycles. The Balaban J connectivity index is 1.72. The van der Waals surface area contributed by atoms with Crippen LogP contribution >= 0.6 is 0 Å². The van der Waals surface area contributed by atoms with Crippen molar-refractivity contribution in [2.24, 2.45) is 5.28 Å². The van der Waals surface area contributed by atoms with Crippen LogP contribution < -0.4 is 9.74 Å². The number of nitro benzene ring substituents is 2. The third-order valence-electron chi connectivity index (χ3n) is 6.57. The molecule has 0 radical (unpaired) electrons. The van der Waals surface area contributed by atoms with Gasteiger partial charge in [0.2, 0.25) is 11.0 Å². The SMILES string of the molecule is CN(CC(O)(Cn1cncn1)c1ccc(F)cc1F)c1cc(O/N=[N+](\[O-])N2CCC(O)CC2)c([N+](=O)[O-])cc1[N+](=O)[O-]. The molecule has 17 nitrogen and oxygen atoms in total. The molecule has 2 N–H and O–H groups in total. The summed E-state index contributed by atoms with van der Waals surface area (Å²) >= 11 is 0. The van der Waals surface area contributed by atoms with Gasteiger partial charge in [-0.1, -0.05) is 6.07 Å². The van der Waals surface area contributed by atoms with E-state index >= 15 is 0 Å². The molecule has 1 unspecified atom stereocenters. The average molecular weight is 594 g/mol. The highest BCUT2D eigenvalue weighted by Gasteiger charge is 2.37. The molecule has 19 heteroatoms. The van der Waals surface area contributed by atoms with Crippen molar-refractivity contribution in [2.75, 3.05) is 31.6 Å². The number of likely N-dealkylation sites (N-methyl/N-ethyl adjacent to an activating group) is 1. The third kappa shape index (κ3) is 6.63. The first-order valence-corrected chi connectivity index (χ1v) is 12.3. The summed E-state index contributed by atoms with van der Waals surface area (Å²) in [5, 5.41) is 65.7. The van der Waals surface area contributed by atoms with E-state index in [-0.39, 0.29) is 42.2 Å². The van der Waals surface area contributed by atoms with E-state index in [1.165, 1.54) is 18.4 Å². The quantitative estimate of drug-likeness (QED) is 0.141. The Morgan fingerprint density at radius 2 is 1.83 bits per heavy atom. The monoisotopic (exact) mass is 593 g/mol. The maximum atomic E-state index is 14.9. The molecule has 224 valence electrons. The van der Waals surface area contributed by atoms with Gasteiger partial charge in [0.1, 0.15) is 41.6 Å². The van der Waals surface area contributed by atoms with Gasteiger partial charge in [0.25, 0.3) is 5.69 Å². The lowest BCUT2D eigenvalue weighted by atomic mass is 9.92. The summed E-state index contributed by atoms with van der Waals surface area (Å²) in [5.74, 6) is -2.65. The number of aromatic nitrogens is 3. The average Bonchev–Trinajstić information content (AvgIpc) is 3.43. The topological polar surface area (TPSA) is 212 Å². The van der Waals surface area contributed by atoms with Crippen LogP contribution in [-0.4, -0.2) is 77.6 Å². The molecule has 0 bridgehead atoms. The van der Waals surface area contributed by atoms with Gasteiger partial charge < -0.3 is 20.3 Å². The Morgan fingerprint density at radius 1 is 1.14 bits per heavy atom. The van der Waals surface area contributed by atoms with Crippen LogP contribution in [0.2, 0.25) is 0 Å². The number of nitrogens with zero attached hydrogens (tertiary/aromatic N) is 9. The number of aliphatic hydroxyl groups excluding tert-OH is 1. The van der Waals surface area contributed by atoms with Crippen molar-refractivity contribution >= 4 is 17.1 Å². The Hall–Kier alpha value is -5.04. The zero-order valence-corrected chi connectivity index (χ0v) is 22.0. The Labute approximate surface area is 235 Å². The second-order valence-electron chi connectivity index (χ2n) is 9.54. The van der Waals surface area contributed by atoms with E-state index in [0.717, 1.165) is 34.1 Å². The van der Waals surface area contributed by atoms with Crippen molar-refractivity contribution in [1.29, 1.82) is 0 Å². The predicted molar refractivity (Wildman–Crippen MR) is 137 cm³/mol. The fourth-order valence-corrected chi connectivity index (χ4v) is 4.52. The molecular weight excluding hydrogens is 568 g/mol. The molecule has 1 saturated heterocycles. The van der Waals surface area contributed by atoms with E-state index in [1.807, 2.05) is 0 Å². The number of halogens is 2. The normalized spacial score (nSPS) is 15.7. The van der Waals surface area contributed by atoms with Gasteiger partial charge in [-0.15, -0.1) is 5.01 Å². The van der Waals surface area contributed by atoms with Gasteiger partial charge in [-0.05, 0) is 18.9 Å². The first-order valence-electron chi connectivity index (χ1n) is 12.3. The summed E-state index contributed by atoms with van der Waals surface area (Å²) in [6.07, 6.45) is 2.37. The molecule has 1 aliphatic rings. The zero-order chi connectivity index (χ0) is 30.6. The Kier molecular flexibility index (Phi) is 8.71. The summed E-state index contributed by atoms with van der Waals surface area (Å²) in [5.41, 5.74) is -4.54. The van der Waals surface area contributed by atoms with Gasteiger partial charge in [0.05, 0.1) is 47.1 Å². The Morgan fingerprint density at radius 3 is 2.43 bits per heavy atom. The molecule has 2 heterocycles. The van der Waals surface area contributed by atoms with Crippen molar-refractivity contribution in [3.63, 3.8) is 0 Å². The number of rotatable bonds is 11. The second-order valence-corrected chi connectivity index (χ2v) is 9.54. The van der Waals surface area contributed by atoms with Gasteiger partial charge in [0, 0.05) is 24.7 Å². The fraction of sp³-hybridized carbons (Fsp3) is 0.391. The number of hydrogen-bond acceptors (Lipinski definition) is 12. The van der Waals surface area contributed by atoms with E-state index in [9.17, 15) is 44.4 Å². The molecule has 42 heavy (non-hydrogen) atoms. The zero-order valence-electron chi connectivity index (χ0n) is 22.0. The maximum absolute atomic E-state index is 14.9. The van der Waals surface area contributed by atoms with E-state index in [0.29, 0.717) is 12.1 Å². The molecule has 2 aromatic carbocycles. The largest absolute Gasteiger partial charge is 0.569 e. The molecule has 1 fully saturated rings. The number of hydrogen-bond donors (Lipinski definition) is 2. The molecular formula is C23H25F2N9O8. The Bertz CT molecular complexity index is 1480. The molecule has 1 aliphatic heterocycles. The van der Waals surface area contributed by atoms with Crippen molar-refractivity contribution < 1.29 is 38.6 Å². The molecule has 3 aromatic rings. The van der Waals surface area contributed by atoms with Gasteiger partial charge in [0.15, 0.2) is 0 Å². The number of hydrazine groups is 1. The molecule has 0 spiro atoms. The minimum atomic E-state index is -2.19. The second kappa shape index (κ2) is 12.2. The van der Waals surface area contributed by atoms with E-state index in [4.69, 9.17) is 4.84 Å². The molecule has 0 saturated carbocycles.